The van der Waals surface area contributed by atoms with Crippen LogP contribution in [0.5, 0.6) is 5.75 Å². The van der Waals surface area contributed by atoms with E-state index in [1.807, 2.05) is 18.2 Å². The smallest absolute Gasteiger partial charge is 0.237 e. The topological polar surface area (TPSA) is 105 Å². The second kappa shape index (κ2) is 10.8. The summed E-state index contributed by atoms with van der Waals surface area (Å²) in [6.07, 6.45) is 9.66. The van der Waals surface area contributed by atoms with Crippen LogP contribution < -0.4 is 15.4 Å². The second-order valence-corrected chi connectivity index (χ2v) is 13.4. The lowest BCUT2D eigenvalue weighted by Crippen LogP contribution is -2.52. The van der Waals surface area contributed by atoms with Gasteiger partial charge in [0.05, 0.1) is 11.8 Å². The van der Waals surface area contributed by atoms with Crippen LogP contribution in [0.4, 0.5) is 5.69 Å². The molecule has 39 heavy (non-hydrogen) atoms. The van der Waals surface area contributed by atoms with Gasteiger partial charge < -0.3 is 20.3 Å². The van der Waals surface area contributed by atoms with Gasteiger partial charge in [-0.25, -0.2) is 8.42 Å². The number of nitrogens with zero attached hydrogens (tertiary/aromatic N) is 1. The lowest BCUT2D eigenvalue weighted by molar-refractivity contribution is -0.130. The van der Waals surface area contributed by atoms with E-state index < -0.39 is 21.3 Å². The highest BCUT2D eigenvalue weighted by Gasteiger charge is 2.56. The molecule has 10 heteroatoms. The van der Waals surface area contributed by atoms with E-state index in [0.29, 0.717) is 40.4 Å². The summed E-state index contributed by atoms with van der Waals surface area (Å²) in [5.74, 6) is 3.11. The van der Waals surface area contributed by atoms with Crippen molar-refractivity contribution in [1.82, 2.24) is 10.2 Å². The molecule has 2 N–H and O–H groups in total. The van der Waals surface area contributed by atoms with Gasteiger partial charge in [-0.05, 0) is 68.1 Å². The number of rotatable bonds is 7. The van der Waals surface area contributed by atoms with Gasteiger partial charge in [-0.1, -0.05) is 23.6 Å². The number of hydrogen-bond acceptors (Lipinski definition) is 6. The molecule has 2 atom stereocenters. The van der Waals surface area contributed by atoms with Crippen LogP contribution in [0, 0.1) is 12.3 Å². The van der Waals surface area contributed by atoms with Crippen LogP contribution >= 0.6 is 11.6 Å². The maximum absolute atomic E-state index is 13.6. The van der Waals surface area contributed by atoms with Gasteiger partial charge in [-0.2, -0.15) is 0 Å². The van der Waals surface area contributed by atoms with Gasteiger partial charge in [0.2, 0.25) is 11.8 Å². The van der Waals surface area contributed by atoms with Crippen LogP contribution in [-0.2, 0) is 24.8 Å². The van der Waals surface area contributed by atoms with E-state index in [1.165, 1.54) is 6.26 Å². The molecule has 0 aliphatic carbocycles. The molecule has 3 heterocycles. The first-order chi connectivity index (χ1) is 18.6. The number of anilines is 1. The molecular weight excluding hydrogens is 538 g/mol. The van der Waals surface area contributed by atoms with Gasteiger partial charge in [-0.3, -0.25) is 9.59 Å². The monoisotopic (exact) mass is 569 g/mol. The van der Waals surface area contributed by atoms with E-state index in [1.54, 1.807) is 18.2 Å². The minimum Gasteiger partial charge on any atom is -0.490 e. The zero-order valence-corrected chi connectivity index (χ0v) is 23.4. The number of terminal acetylenes is 1. The Morgan fingerprint density at radius 2 is 1.95 bits per heavy atom. The molecule has 2 aromatic rings. The number of ether oxygens (including phenoxy) is 1. The number of piperidine rings is 2. The minimum absolute atomic E-state index is 0.0645. The number of halogens is 1. The van der Waals surface area contributed by atoms with Crippen molar-refractivity contribution in [2.45, 2.75) is 49.7 Å². The second-order valence-electron chi connectivity index (χ2n) is 10.7. The Bertz CT molecular complexity index is 1450. The standard InChI is InChI=1S/C29H32ClN3O5S/c1-3-19-5-8-25(38-21-10-14-33(15-11-21)13-4-16-39(2,36)37)22(17-19)27-29(12-9-26(34)32-27)23-7-6-20(30)18-24(23)31-28(29)35/h1,5-8,17-18,21,27H,4,9-16H2,2H3,(H,31,35)(H,32,34)/t27-,29-/m1/s1. The summed E-state index contributed by atoms with van der Waals surface area (Å²) in [5, 5.41) is 6.58. The molecule has 3 aliphatic heterocycles. The fourth-order valence-electron chi connectivity index (χ4n) is 6.01. The maximum atomic E-state index is 13.6. The third-order valence-electron chi connectivity index (χ3n) is 7.97. The van der Waals surface area contributed by atoms with Crippen LogP contribution in [0.15, 0.2) is 36.4 Å². The SMILES string of the molecule is C#Cc1ccc(OC2CCN(CCCS(C)(=O)=O)CC2)c([C@H]2NC(=O)CC[C@]23C(=O)Nc2cc(Cl)ccc23)c1. The predicted molar refractivity (Wildman–Crippen MR) is 151 cm³/mol. The molecule has 0 saturated carbocycles. The molecule has 2 aromatic carbocycles. The Balaban J connectivity index is 1.41. The summed E-state index contributed by atoms with van der Waals surface area (Å²) in [7, 11) is -2.97. The molecule has 206 valence electrons. The van der Waals surface area contributed by atoms with Gasteiger partial charge in [0.25, 0.3) is 0 Å². The molecular formula is C29H32ClN3O5S. The predicted octanol–water partition coefficient (Wildman–Crippen LogP) is 3.44. The molecule has 2 saturated heterocycles. The van der Waals surface area contributed by atoms with Gasteiger partial charge in [0.15, 0.2) is 0 Å². The fraction of sp³-hybridized carbons (Fsp3) is 0.448. The first-order valence-electron chi connectivity index (χ1n) is 13.2. The summed E-state index contributed by atoms with van der Waals surface area (Å²) in [4.78, 5) is 28.6. The van der Waals surface area contributed by atoms with Crippen LogP contribution in [0.2, 0.25) is 5.02 Å². The Hall–Kier alpha value is -3.06. The minimum atomic E-state index is -2.97. The van der Waals surface area contributed by atoms with E-state index in [4.69, 9.17) is 22.8 Å². The molecule has 0 bridgehead atoms. The quantitative estimate of drug-likeness (QED) is 0.495. The summed E-state index contributed by atoms with van der Waals surface area (Å²) >= 11 is 6.21. The molecule has 0 unspecified atom stereocenters. The first kappa shape index (κ1) is 27.5. The van der Waals surface area contributed by atoms with Crippen molar-refractivity contribution in [2.75, 3.05) is 37.0 Å². The molecule has 3 aliphatic rings. The van der Waals surface area contributed by atoms with E-state index in [0.717, 1.165) is 38.0 Å². The average Bonchev–Trinajstić information content (AvgIpc) is 3.16. The number of amides is 2. The number of carbonyl (C=O) groups is 2. The van der Waals surface area contributed by atoms with Crippen molar-refractivity contribution in [3.63, 3.8) is 0 Å². The summed E-state index contributed by atoms with van der Waals surface area (Å²) in [6.45, 7) is 2.33. The lowest BCUT2D eigenvalue weighted by Gasteiger charge is -2.41. The molecule has 2 amide bonds. The van der Waals surface area contributed by atoms with Gasteiger partial charge in [0, 0.05) is 47.6 Å². The number of fused-ring (bicyclic) bond motifs is 2. The molecule has 0 radical (unpaired) electrons. The van der Waals surface area contributed by atoms with Crippen molar-refractivity contribution >= 4 is 38.9 Å². The molecule has 5 rings (SSSR count). The molecule has 8 nitrogen and oxygen atoms in total. The highest BCUT2D eigenvalue weighted by molar-refractivity contribution is 7.90. The van der Waals surface area contributed by atoms with Crippen LogP contribution in [0.3, 0.4) is 0 Å². The van der Waals surface area contributed by atoms with E-state index in [2.05, 4.69) is 21.5 Å². The summed E-state index contributed by atoms with van der Waals surface area (Å²) < 4.78 is 29.4. The zero-order valence-electron chi connectivity index (χ0n) is 21.8. The number of carbonyl (C=O) groups excluding carboxylic acids is 2. The highest BCUT2D eigenvalue weighted by Crippen LogP contribution is 2.52. The van der Waals surface area contributed by atoms with Crippen LogP contribution in [0.1, 0.15) is 54.8 Å². The third-order valence-corrected chi connectivity index (χ3v) is 9.23. The van der Waals surface area contributed by atoms with Crippen LogP contribution in [0.25, 0.3) is 0 Å². The van der Waals surface area contributed by atoms with Crippen molar-refractivity contribution in [1.29, 1.82) is 0 Å². The number of hydrogen-bond donors (Lipinski definition) is 2. The highest BCUT2D eigenvalue weighted by atomic mass is 35.5. The first-order valence-corrected chi connectivity index (χ1v) is 15.6. The normalized spacial score (nSPS) is 23.7. The Kier molecular flexibility index (Phi) is 7.64. The fourth-order valence-corrected chi connectivity index (χ4v) is 6.83. The van der Waals surface area contributed by atoms with Gasteiger partial charge >= 0.3 is 0 Å². The number of nitrogens with one attached hydrogen (secondary N) is 2. The zero-order chi connectivity index (χ0) is 27.8. The van der Waals surface area contributed by atoms with Crippen molar-refractivity contribution in [3.05, 3.63) is 58.1 Å². The van der Waals surface area contributed by atoms with E-state index >= 15 is 0 Å². The Labute approximate surface area is 234 Å². The molecule has 0 aromatic heterocycles. The molecule has 1 spiro atoms. The number of benzene rings is 2. The largest absolute Gasteiger partial charge is 0.490 e. The van der Waals surface area contributed by atoms with Crippen molar-refractivity contribution < 1.29 is 22.7 Å². The summed E-state index contributed by atoms with van der Waals surface area (Å²) in [6, 6.07) is 10.1. The van der Waals surface area contributed by atoms with Crippen molar-refractivity contribution in [2.24, 2.45) is 0 Å². The Morgan fingerprint density at radius 1 is 1.18 bits per heavy atom. The van der Waals surface area contributed by atoms with Crippen LogP contribution in [-0.4, -0.2) is 62.9 Å². The van der Waals surface area contributed by atoms with Gasteiger partial charge in [0.1, 0.15) is 27.1 Å². The average molecular weight is 570 g/mol. The molecule has 2 fully saturated rings. The van der Waals surface area contributed by atoms with Crippen molar-refractivity contribution in [3.8, 4) is 18.1 Å². The van der Waals surface area contributed by atoms with E-state index in [-0.39, 0.29) is 30.1 Å². The van der Waals surface area contributed by atoms with E-state index in [9.17, 15) is 18.0 Å². The maximum Gasteiger partial charge on any atom is 0.237 e. The lowest BCUT2D eigenvalue weighted by atomic mass is 9.67. The summed E-state index contributed by atoms with van der Waals surface area (Å²) in [5.41, 5.74) is 1.71. The number of likely N-dealkylation sites (tertiary alicyclic amines) is 1. The Morgan fingerprint density at radius 3 is 2.67 bits per heavy atom. The van der Waals surface area contributed by atoms with Gasteiger partial charge in [-0.15, -0.1) is 6.42 Å². The number of sulfone groups is 1. The third kappa shape index (κ3) is 5.65.